The Balaban J connectivity index is 1.97. The summed E-state index contributed by atoms with van der Waals surface area (Å²) in [5.41, 5.74) is 0.517. The standard InChI is InChI=1S/C15H20Br2S/c16-11-15(8-3-1-2-4-9-15)12-18-14-7-5-6-13(17)10-14/h5-7,10H,1-4,8-9,11-12H2. The summed E-state index contributed by atoms with van der Waals surface area (Å²) >= 11 is 9.33. The fourth-order valence-electron chi connectivity index (χ4n) is 2.59. The topological polar surface area (TPSA) is 0 Å². The van der Waals surface area contributed by atoms with Crippen LogP contribution in [0.5, 0.6) is 0 Å². The van der Waals surface area contributed by atoms with Gasteiger partial charge in [0.2, 0.25) is 0 Å². The fourth-order valence-corrected chi connectivity index (χ4v) is 5.41. The van der Waals surface area contributed by atoms with E-state index in [-0.39, 0.29) is 0 Å². The maximum atomic E-state index is 3.77. The smallest absolute Gasteiger partial charge is 0.0186 e. The zero-order valence-electron chi connectivity index (χ0n) is 10.6. The Morgan fingerprint density at radius 1 is 1.11 bits per heavy atom. The van der Waals surface area contributed by atoms with Crippen molar-refractivity contribution in [2.45, 2.75) is 43.4 Å². The van der Waals surface area contributed by atoms with Gasteiger partial charge in [-0.05, 0) is 36.5 Å². The van der Waals surface area contributed by atoms with Crippen molar-refractivity contribution in [3.8, 4) is 0 Å². The number of hydrogen-bond acceptors (Lipinski definition) is 1. The van der Waals surface area contributed by atoms with Crippen molar-refractivity contribution in [2.24, 2.45) is 5.41 Å². The summed E-state index contributed by atoms with van der Waals surface area (Å²) in [4.78, 5) is 1.38. The molecule has 18 heavy (non-hydrogen) atoms. The molecule has 1 fully saturated rings. The number of halogens is 2. The van der Waals surface area contributed by atoms with Crippen LogP contribution in [0.25, 0.3) is 0 Å². The largest absolute Gasteiger partial charge is 0.126 e. The highest BCUT2D eigenvalue weighted by Gasteiger charge is 2.29. The molecule has 1 saturated carbocycles. The van der Waals surface area contributed by atoms with Crippen molar-refractivity contribution in [2.75, 3.05) is 11.1 Å². The SMILES string of the molecule is BrCC1(CSc2cccc(Br)c2)CCCCCC1. The first-order valence-corrected chi connectivity index (χ1v) is 9.58. The normalized spacial score (nSPS) is 19.4. The molecule has 1 aromatic carbocycles. The number of rotatable bonds is 4. The van der Waals surface area contributed by atoms with Gasteiger partial charge in [-0.15, -0.1) is 11.8 Å². The molecular formula is C15H20Br2S. The third kappa shape index (κ3) is 4.28. The molecule has 3 heteroatoms. The molecule has 0 unspecified atom stereocenters. The van der Waals surface area contributed by atoms with Crippen LogP contribution in [-0.2, 0) is 0 Å². The second-order valence-electron chi connectivity index (χ2n) is 5.29. The van der Waals surface area contributed by atoms with Crippen molar-refractivity contribution >= 4 is 43.6 Å². The number of alkyl halides is 1. The van der Waals surface area contributed by atoms with Gasteiger partial charge in [-0.25, -0.2) is 0 Å². The van der Waals surface area contributed by atoms with Crippen LogP contribution < -0.4 is 0 Å². The Morgan fingerprint density at radius 2 is 1.83 bits per heavy atom. The summed E-state index contributed by atoms with van der Waals surface area (Å²) in [6, 6.07) is 8.66. The van der Waals surface area contributed by atoms with E-state index < -0.39 is 0 Å². The number of benzene rings is 1. The monoisotopic (exact) mass is 390 g/mol. The molecule has 1 aliphatic rings. The molecule has 0 bridgehead atoms. The average molecular weight is 392 g/mol. The lowest BCUT2D eigenvalue weighted by atomic mass is 9.85. The molecule has 0 heterocycles. The lowest BCUT2D eigenvalue weighted by Crippen LogP contribution is -2.25. The van der Waals surface area contributed by atoms with Gasteiger partial charge in [0.1, 0.15) is 0 Å². The zero-order valence-corrected chi connectivity index (χ0v) is 14.6. The first-order valence-electron chi connectivity index (χ1n) is 6.68. The molecule has 0 aromatic heterocycles. The second kappa shape index (κ2) is 7.35. The lowest BCUT2D eigenvalue weighted by molar-refractivity contribution is 0.334. The number of thioether (sulfide) groups is 1. The fraction of sp³-hybridized carbons (Fsp3) is 0.600. The zero-order chi connectivity index (χ0) is 12.8. The Bertz CT molecular complexity index is 371. The first-order chi connectivity index (χ1) is 8.74. The predicted molar refractivity (Wildman–Crippen MR) is 88.8 cm³/mol. The van der Waals surface area contributed by atoms with E-state index in [1.807, 2.05) is 11.8 Å². The van der Waals surface area contributed by atoms with Gasteiger partial charge in [0, 0.05) is 20.5 Å². The van der Waals surface area contributed by atoms with Gasteiger partial charge in [-0.1, -0.05) is 63.6 Å². The molecule has 0 saturated heterocycles. The van der Waals surface area contributed by atoms with Gasteiger partial charge < -0.3 is 0 Å². The van der Waals surface area contributed by atoms with Crippen LogP contribution in [0.4, 0.5) is 0 Å². The average Bonchev–Trinajstić information content (AvgIpc) is 2.63. The summed E-state index contributed by atoms with van der Waals surface area (Å²) in [6.45, 7) is 0. The summed E-state index contributed by atoms with van der Waals surface area (Å²) in [7, 11) is 0. The molecule has 1 aromatic rings. The Hall–Kier alpha value is 0.530. The maximum Gasteiger partial charge on any atom is 0.0186 e. The van der Waals surface area contributed by atoms with Gasteiger partial charge >= 0.3 is 0 Å². The van der Waals surface area contributed by atoms with Crippen LogP contribution in [-0.4, -0.2) is 11.1 Å². The highest BCUT2D eigenvalue weighted by atomic mass is 79.9. The molecular weight excluding hydrogens is 372 g/mol. The van der Waals surface area contributed by atoms with Crippen LogP contribution >= 0.6 is 43.6 Å². The van der Waals surface area contributed by atoms with E-state index >= 15 is 0 Å². The highest BCUT2D eigenvalue weighted by molar-refractivity contribution is 9.10. The molecule has 0 spiro atoms. The predicted octanol–water partition coefficient (Wildman–Crippen LogP) is 6.28. The molecule has 0 amide bonds. The van der Waals surface area contributed by atoms with Gasteiger partial charge in [-0.2, -0.15) is 0 Å². The molecule has 100 valence electrons. The van der Waals surface area contributed by atoms with E-state index in [1.165, 1.54) is 53.6 Å². The van der Waals surface area contributed by atoms with Gasteiger partial charge in [0.25, 0.3) is 0 Å². The number of hydrogen-bond donors (Lipinski definition) is 0. The molecule has 0 atom stereocenters. The Kier molecular flexibility index (Phi) is 6.10. The van der Waals surface area contributed by atoms with Crippen LogP contribution in [0.3, 0.4) is 0 Å². The van der Waals surface area contributed by atoms with Gasteiger partial charge in [-0.3, -0.25) is 0 Å². The van der Waals surface area contributed by atoms with E-state index in [0.29, 0.717) is 5.41 Å². The Morgan fingerprint density at radius 3 is 2.44 bits per heavy atom. The minimum atomic E-state index is 0.517. The molecule has 1 aliphatic carbocycles. The van der Waals surface area contributed by atoms with Crippen molar-refractivity contribution < 1.29 is 0 Å². The summed E-state index contributed by atoms with van der Waals surface area (Å²) in [5, 5.41) is 1.15. The lowest BCUT2D eigenvalue weighted by Gasteiger charge is -2.30. The quantitative estimate of drug-likeness (QED) is 0.330. The molecule has 0 aliphatic heterocycles. The van der Waals surface area contributed by atoms with Crippen molar-refractivity contribution in [3.05, 3.63) is 28.7 Å². The minimum absolute atomic E-state index is 0.517. The third-order valence-corrected chi connectivity index (χ3v) is 6.82. The second-order valence-corrected chi connectivity index (χ2v) is 7.82. The molecule has 2 rings (SSSR count). The van der Waals surface area contributed by atoms with Gasteiger partial charge in [0.05, 0.1) is 0 Å². The van der Waals surface area contributed by atoms with E-state index in [1.54, 1.807) is 0 Å². The van der Waals surface area contributed by atoms with Crippen molar-refractivity contribution in [3.63, 3.8) is 0 Å². The highest BCUT2D eigenvalue weighted by Crippen LogP contribution is 2.41. The summed E-state index contributed by atoms with van der Waals surface area (Å²) < 4.78 is 1.18. The first kappa shape index (κ1) is 14.9. The van der Waals surface area contributed by atoms with E-state index in [0.717, 1.165) is 5.33 Å². The van der Waals surface area contributed by atoms with Crippen LogP contribution in [0.2, 0.25) is 0 Å². The van der Waals surface area contributed by atoms with E-state index in [2.05, 4.69) is 56.1 Å². The van der Waals surface area contributed by atoms with Crippen molar-refractivity contribution in [1.82, 2.24) is 0 Å². The molecule has 0 nitrogen and oxygen atoms in total. The van der Waals surface area contributed by atoms with E-state index in [9.17, 15) is 0 Å². The summed E-state index contributed by atoms with van der Waals surface area (Å²) in [5.74, 6) is 1.24. The minimum Gasteiger partial charge on any atom is -0.126 e. The maximum absolute atomic E-state index is 3.77. The van der Waals surface area contributed by atoms with Crippen LogP contribution in [0, 0.1) is 5.41 Å². The molecule has 0 radical (unpaired) electrons. The Labute approximate surface area is 132 Å². The van der Waals surface area contributed by atoms with Crippen LogP contribution in [0.1, 0.15) is 38.5 Å². The van der Waals surface area contributed by atoms with Crippen LogP contribution in [0.15, 0.2) is 33.6 Å². The van der Waals surface area contributed by atoms with E-state index in [4.69, 9.17) is 0 Å². The summed E-state index contributed by atoms with van der Waals surface area (Å²) in [6.07, 6.45) is 8.44. The molecule has 0 N–H and O–H groups in total. The third-order valence-electron chi connectivity index (χ3n) is 3.79. The van der Waals surface area contributed by atoms with Gasteiger partial charge in [0.15, 0.2) is 0 Å². The van der Waals surface area contributed by atoms with Crippen molar-refractivity contribution in [1.29, 1.82) is 0 Å².